The molecule has 0 bridgehead atoms. The number of methoxy groups -OCH3 is 1. The van der Waals surface area contributed by atoms with E-state index in [1.54, 1.807) is 51.2 Å². The fourth-order valence-electron chi connectivity index (χ4n) is 11.5. The van der Waals surface area contributed by atoms with Gasteiger partial charge in [0.05, 0.1) is 46.6 Å². The number of imide groups is 2. The summed E-state index contributed by atoms with van der Waals surface area (Å²) in [7, 11) is -1.12. The quantitative estimate of drug-likeness (QED) is 0.0842. The van der Waals surface area contributed by atoms with Crippen LogP contribution in [0.15, 0.2) is 61.1 Å². The molecule has 11 rings (SSSR count). The van der Waals surface area contributed by atoms with Crippen molar-refractivity contribution in [3.63, 3.8) is 0 Å². The van der Waals surface area contributed by atoms with Gasteiger partial charge in [-0.05, 0) is 125 Å². The molecule has 2 aromatic heterocycles. The number of nitrogens with zero attached hydrogens (tertiary/aromatic N) is 9. The lowest BCUT2D eigenvalue weighted by Gasteiger charge is -2.44. The van der Waals surface area contributed by atoms with Gasteiger partial charge in [0, 0.05) is 88.1 Å². The van der Waals surface area contributed by atoms with E-state index in [4.69, 9.17) is 21.3 Å². The highest BCUT2D eigenvalue weighted by atomic mass is 35.5. The molecule has 3 aromatic carbocycles. The summed E-state index contributed by atoms with van der Waals surface area (Å²) < 4.78 is 19.6. The molecule has 0 spiro atoms. The summed E-state index contributed by atoms with van der Waals surface area (Å²) in [4.78, 5) is 80.3. The molecule has 376 valence electrons. The Kier molecular flexibility index (Phi) is 13.1. The van der Waals surface area contributed by atoms with E-state index in [-0.39, 0.29) is 18.7 Å². The van der Waals surface area contributed by atoms with Crippen LogP contribution in [0.25, 0.3) is 11.0 Å². The van der Waals surface area contributed by atoms with Crippen LogP contribution in [0.4, 0.5) is 34.5 Å². The van der Waals surface area contributed by atoms with Crippen LogP contribution in [0.1, 0.15) is 83.6 Å². The van der Waals surface area contributed by atoms with Gasteiger partial charge in [-0.25, -0.2) is 4.98 Å². The Labute approximate surface area is 423 Å². The minimum Gasteiger partial charge on any atom is -0.494 e. The van der Waals surface area contributed by atoms with Gasteiger partial charge in [-0.1, -0.05) is 11.6 Å². The smallest absolute Gasteiger partial charge is 0.262 e. The Balaban J connectivity index is 0.674. The predicted octanol–water partition coefficient (Wildman–Crippen LogP) is 6.60. The summed E-state index contributed by atoms with van der Waals surface area (Å²) in [5.41, 5.74) is 6.69. The van der Waals surface area contributed by atoms with Gasteiger partial charge in [0.25, 0.3) is 11.8 Å². The first-order chi connectivity index (χ1) is 34.8. The number of benzene rings is 3. The minimum absolute atomic E-state index is 0.0974. The van der Waals surface area contributed by atoms with Gasteiger partial charge in [-0.3, -0.25) is 44.3 Å². The summed E-state index contributed by atoms with van der Waals surface area (Å²) in [5, 5.41) is 9.90. The first-order valence-electron chi connectivity index (χ1n) is 25.2. The third-order valence-corrected chi connectivity index (χ3v) is 17.2. The fraction of sp³-hybridized carbons (Fsp3) is 0.462. The summed E-state index contributed by atoms with van der Waals surface area (Å²) in [6.45, 7) is 12.4. The van der Waals surface area contributed by atoms with Crippen molar-refractivity contribution in [1.29, 1.82) is 0 Å². The van der Waals surface area contributed by atoms with E-state index in [1.165, 1.54) is 11.3 Å². The second kappa shape index (κ2) is 19.7. The highest BCUT2D eigenvalue weighted by molar-refractivity contribution is 7.71. The van der Waals surface area contributed by atoms with Gasteiger partial charge < -0.3 is 34.6 Å². The largest absolute Gasteiger partial charge is 0.494 e. The monoisotopic (exact) mass is 1010 g/mol. The van der Waals surface area contributed by atoms with E-state index in [2.05, 4.69) is 62.6 Å². The van der Waals surface area contributed by atoms with Crippen molar-refractivity contribution in [3.05, 3.63) is 82.8 Å². The maximum absolute atomic E-state index is 13.6. The predicted molar refractivity (Wildman–Crippen MR) is 279 cm³/mol. The van der Waals surface area contributed by atoms with Crippen LogP contribution in [0.5, 0.6) is 5.75 Å². The highest BCUT2D eigenvalue weighted by Crippen LogP contribution is 2.48. The molecule has 18 nitrogen and oxygen atoms in total. The molecule has 1 atom stereocenters. The van der Waals surface area contributed by atoms with Crippen molar-refractivity contribution in [2.24, 2.45) is 5.92 Å². The summed E-state index contributed by atoms with van der Waals surface area (Å²) in [5.74, 6) is 0.558. The topological polar surface area (TPSA) is 198 Å². The van der Waals surface area contributed by atoms with Gasteiger partial charge in [-0.15, -0.1) is 0 Å². The van der Waals surface area contributed by atoms with Crippen LogP contribution >= 0.6 is 18.7 Å². The zero-order chi connectivity index (χ0) is 49.8. The van der Waals surface area contributed by atoms with Crippen molar-refractivity contribution in [3.8, 4) is 5.75 Å². The second-order valence-corrected chi connectivity index (χ2v) is 24.0. The molecule has 1 aliphatic carbocycles. The number of ether oxygens (including phenoxy) is 1. The third-order valence-electron chi connectivity index (χ3n) is 15.4. The third kappa shape index (κ3) is 9.61. The molecule has 5 fully saturated rings. The molecule has 3 N–H and O–H groups in total. The van der Waals surface area contributed by atoms with Crippen LogP contribution in [-0.4, -0.2) is 150 Å². The second-order valence-electron chi connectivity index (χ2n) is 20.4. The molecular formula is C52H60ClN12O6P. The number of fused-ring (bicyclic) bond motifs is 2. The number of likely N-dealkylation sites (tertiary alicyclic amines) is 1. The average molecular weight is 1020 g/mol. The SMILES string of the molecule is COc1cc(N2CCN(C3CCN(CC4CCN(c5ccc6c(c5)C(=O)N(C5CCC(=O)NC5=O)C6=O)CC4)CC3)CC2)c(C2CC2)cc1Nc1ncc(Cl)c(Nc2ccc3nccnc3c2P(C)(C)=O)n1. The fourth-order valence-corrected chi connectivity index (χ4v) is 13.0. The molecule has 20 heteroatoms. The van der Waals surface area contributed by atoms with Gasteiger partial charge >= 0.3 is 0 Å². The van der Waals surface area contributed by atoms with E-state index in [0.717, 1.165) is 114 Å². The number of hydrogen-bond donors (Lipinski definition) is 3. The summed E-state index contributed by atoms with van der Waals surface area (Å²) in [6, 6.07) is 13.1. The first-order valence-corrected chi connectivity index (χ1v) is 28.2. The van der Waals surface area contributed by atoms with E-state index in [9.17, 15) is 23.7 Å². The number of piperazine rings is 1. The Morgan fingerprint density at radius 1 is 0.778 bits per heavy atom. The molecule has 4 saturated heterocycles. The first kappa shape index (κ1) is 48.1. The Hall–Kier alpha value is -6.20. The summed E-state index contributed by atoms with van der Waals surface area (Å²) >= 11 is 6.66. The molecule has 0 radical (unpaired) electrons. The minimum atomic E-state index is -2.81. The lowest BCUT2D eigenvalue weighted by atomic mass is 9.93. The maximum atomic E-state index is 13.6. The Morgan fingerprint density at radius 3 is 2.25 bits per heavy atom. The number of carbonyl (C=O) groups excluding carboxylic acids is 4. The standard InChI is InChI=1S/C52H60ClN12O6P/c1-71-44-28-43(36(32-4-5-32)27-41(44)58-52-56-29-38(53)48(60-52)57-40-9-8-39-46(55-17-16-54-39)47(40)72(2,3)70)64-24-22-63(23-25-64)33-14-18-61(19-15-33)30-31-12-20-62(21-13-31)34-6-7-35-37(26-34)51(69)65(50(35)68)42-10-11-45(66)59-49(42)67/h6-9,16-17,26-29,31-33,42H,4-5,10-15,18-25,30H2,1-3H3,(H,59,66,67)(H2,56,57,58,60). The number of piperidine rings is 3. The molecule has 1 saturated carbocycles. The number of halogens is 1. The number of rotatable bonds is 13. The van der Waals surface area contributed by atoms with E-state index < -0.39 is 30.9 Å². The van der Waals surface area contributed by atoms with Gasteiger partial charge in [0.1, 0.15) is 29.5 Å². The Bertz CT molecular complexity index is 3020. The molecule has 6 aliphatic rings. The van der Waals surface area contributed by atoms with Gasteiger partial charge in [-0.2, -0.15) is 4.98 Å². The van der Waals surface area contributed by atoms with Crippen LogP contribution in [0.3, 0.4) is 0 Å². The number of nitrogens with one attached hydrogen (secondary N) is 3. The van der Waals surface area contributed by atoms with Crippen molar-refractivity contribution < 1.29 is 28.5 Å². The zero-order valence-electron chi connectivity index (χ0n) is 40.9. The number of anilines is 6. The van der Waals surface area contributed by atoms with Gasteiger partial charge in [0.15, 0.2) is 5.82 Å². The molecule has 72 heavy (non-hydrogen) atoms. The van der Waals surface area contributed by atoms with E-state index >= 15 is 0 Å². The lowest BCUT2D eigenvalue weighted by molar-refractivity contribution is -0.136. The number of amides is 4. The van der Waals surface area contributed by atoms with Crippen molar-refractivity contribution in [2.75, 3.05) is 99.8 Å². The average Bonchev–Trinajstić information content (AvgIpc) is 4.20. The molecule has 5 aliphatic heterocycles. The van der Waals surface area contributed by atoms with Crippen LogP contribution in [0.2, 0.25) is 5.02 Å². The van der Waals surface area contributed by atoms with Crippen molar-refractivity contribution in [1.82, 2.24) is 40.0 Å². The van der Waals surface area contributed by atoms with Crippen LogP contribution in [0, 0.1) is 5.92 Å². The highest BCUT2D eigenvalue weighted by Gasteiger charge is 2.45. The number of aromatic nitrogens is 4. The van der Waals surface area contributed by atoms with E-state index in [0.29, 0.717) is 73.6 Å². The molecule has 7 heterocycles. The molecular weight excluding hydrogens is 955 g/mol. The summed E-state index contributed by atoms with van der Waals surface area (Å²) in [6.07, 6.45) is 11.7. The zero-order valence-corrected chi connectivity index (χ0v) is 42.6. The van der Waals surface area contributed by atoms with Gasteiger partial charge in [0.2, 0.25) is 17.8 Å². The van der Waals surface area contributed by atoms with Crippen LogP contribution < -0.4 is 35.8 Å². The van der Waals surface area contributed by atoms with E-state index in [1.807, 2.05) is 18.2 Å². The molecule has 5 aromatic rings. The van der Waals surface area contributed by atoms with Crippen molar-refractivity contribution in [2.45, 2.75) is 69.4 Å². The number of hydrogen-bond acceptors (Lipinski definition) is 16. The molecule has 4 amide bonds. The number of carbonyl (C=O) groups is 4. The Morgan fingerprint density at radius 2 is 1.53 bits per heavy atom. The normalized spacial score (nSPS) is 20.8. The van der Waals surface area contributed by atoms with Crippen LogP contribution in [-0.2, 0) is 14.2 Å². The molecule has 1 unspecified atom stereocenters. The lowest BCUT2D eigenvalue weighted by Crippen LogP contribution is -2.54. The van der Waals surface area contributed by atoms with Crippen molar-refractivity contribution >= 4 is 93.2 Å². The maximum Gasteiger partial charge on any atom is 0.262 e.